The fourth-order valence-corrected chi connectivity index (χ4v) is 2.84. The lowest BCUT2D eigenvalue weighted by atomic mass is 10.1. The summed E-state index contributed by atoms with van der Waals surface area (Å²) in [5, 5.41) is 11.9. The Hall–Kier alpha value is -2.98. The second kappa shape index (κ2) is 11.1. The van der Waals surface area contributed by atoms with Crippen LogP contribution in [0.1, 0.15) is 31.2 Å². The van der Waals surface area contributed by atoms with Crippen molar-refractivity contribution in [2.24, 2.45) is 16.5 Å². The van der Waals surface area contributed by atoms with Crippen LogP contribution >= 0.6 is 0 Å². The topological polar surface area (TPSA) is 160 Å². The van der Waals surface area contributed by atoms with Crippen LogP contribution in [-0.2, 0) is 20.9 Å². The van der Waals surface area contributed by atoms with Crippen LogP contribution < -0.4 is 16.8 Å². The average Bonchev–Trinajstić information content (AvgIpc) is 3.25. The van der Waals surface area contributed by atoms with Gasteiger partial charge in [0.15, 0.2) is 0 Å². The predicted molar refractivity (Wildman–Crippen MR) is 106 cm³/mol. The quantitative estimate of drug-likeness (QED) is 0.357. The number of carboxylic acid groups (broad SMARTS) is 1. The van der Waals surface area contributed by atoms with Crippen molar-refractivity contribution in [3.05, 3.63) is 35.9 Å². The number of guanidine groups is 1. The number of nitrogens with two attached hydrogens (primary N) is 2. The van der Waals surface area contributed by atoms with E-state index in [-0.39, 0.29) is 32.0 Å². The zero-order valence-electron chi connectivity index (χ0n) is 16.1. The Morgan fingerprint density at radius 2 is 2.03 bits per heavy atom. The molecule has 1 aliphatic heterocycles. The van der Waals surface area contributed by atoms with Gasteiger partial charge in [-0.15, -0.1) is 0 Å². The van der Waals surface area contributed by atoms with Crippen LogP contribution in [0.25, 0.3) is 0 Å². The van der Waals surface area contributed by atoms with Crippen LogP contribution in [0.2, 0.25) is 0 Å². The van der Waals surface area contributed by atoms with E-state index in [9.17, 15) is 14.4 Å². The lowest BCUT2D eigenvalue weighted by Crippen LogP contribution is -2.45. The normalized spacial score (nSPS) is 17.6. The lowest BCUT2D eigenvalue weighted by Gasteiger charge is -2.21. The van der Waals surface area contributed by atoms with Gasteiger partial charge in [-0.2, -0.15) is 4.99 Å². The molecule has 2 rings (SSSR count). The van der Waals surface area contributed by atoms with Gasteiger partial charge < -0.3 is 26.6 Å². The molecule has 10 heteroatoms. The van der Waals surface area contributed by atoms with E-state index in [1.807, 2.05) is 18.2 Å². The van der Waals surface area contributed by atoms with Crippen molar-refractivity contribution >= 4 is 23.9 Å². The van der Waals surface area contributed by atoms with Crippen molar-refractivity contribution in [1.82, 2.24) is 10.2 Å². The number of rotatable bonds is 8. The Morgan fingerprint density at radius 3 is 2.66 bits per heavy atom. The SMILES string of the molecule is NC(=NC(=O)[C@@H]1CCCN1)N(CCC[C@H](N)C(=O)O)C(=O)OCc1ccccc1. The monoisotopic (exact) mass is 405 g/mol. The molecule has 0 saturated carbocycles. The molecule has 158 valence electrons. The number of hydrogen-bond acceptors (Lipinski definition) is 6. The van der Waals surface area contributed by atoms with Gasteiger partial charge in [-0.1, -0.05) is 30.3 Å². The molecule has 0 aromatic heterocycles. The third kappa shape index (κ3) is 7.16. The Kier molecular flexibility index (Phi) is 8.56. The highest BCUT2D eigenvalue weighted by Crippen LogP contribution is 2.09. The first-order valence-corrected chi connectivity index (χ1v) is 9.46. The first-order chi connectivity index (χ1) is 13.9. The Morgan fingerprint density at radius 1 is 1.31 bits per heavy atom. The van der Waals surface area contributed by atoms with Crippen molar-refractivity contribution in [3.63, 3.8) is 0 Å². The van der Waals surface area contributed by atoms with Gasteiger partial charge in [-0.25, -0.2) is 9.69 Å². The Labute approximate surface area is 168 Å². The molecule has 0 aliphatic carbocycles. The van der Waals surface area contributed by atoms with Crippen LogP contribution in [0.4, 0.5) is 4.79 Å². The molecule has 10 nitrogen and oxygen atoms in total. The number of nitrogens with one attached hydrogen (secondary N) is 1. The number of carbonyl (C=O) groups is 3. The summed E-state index contributed by atoms with van der Waals surface area (Å²) in [6.45, 7) is 0.771. The highest BCUT2D eigenvalue weighted by Gasteiger charge is 2.25. The summed E-state index contributed by atoms with van der Waals surface area (Å²) < 4.78 is 5.28. The number of hydrogen-bond donors (Lipinski definition) is 4. The standard InChI is InChI=1S/C19H27N5O5/c20-14(17(26)27)8-5-11-24(18(21)23-16(25)15-9-4-10-22-15)19(28)29-12-13-6-2-1-3-7-13/h1-3,6-7,14-15,22H,4-5,8-12,20H2,(H,26,27)(H2,21,23,25)/t14-,15-/m0/s1. The molecular formula is C19H27N5O5. The van der Waals surface area contributed by atoms with E-state index in [0.717, 1.165) is 23.4 Å². The summed E-state index contributed by atoms with van der Waals surface area (Å²) in [5.74, 6) is -1.87. The molecule has 29 heavy (non-hydrogen) atoms. The summed E-state index contributed by atoms with van der Waals surface area (Å²) in [4.78, 5) is 40.5. The summed E-state index contributed by atoms with van der Waals surface area (Å²) in [5.41, 5.74) is 12.2. The number of ether oxygens (including phenoxy) is 1. The van der Waals surface area contributed by atoms with E-state index >= 15 is 0 Å². The van der Waals surface area contributed by atoms with Crippen LogP contribution in [0.15, 0.2) is 35.3 Å². The molecule has 0 spiro atoms. The molecule has 1 aliphatic rings. The maximum atomic E-state index is 12.5. The molecule has 1 heterocycles. The lowest BCUT2D eigenvalue weighted by molar-refractivity contribution is -0.138. The van der Waals surface area contributed by atoms with E-state index < -0.39 is 30.1 Å². The number of carboxylic acids is 1. The van der Waals surface area contributed by atoms with Gasteiger partial charge in [-0.3, -0.25) is 9.59 Å². The van der Waals surface area contributed by atoms with E-state index in [0.29, 0.717) is 6.42 Å². The molecule has 1 aromatic rings. The second-order valence-corrected chi connectivity index (χ2v) is 6.74. The minimum absolute atomic E-state index is 0.0231. The largest absolute Gasteiger partial charge is 0.480 e. The summed E-state index contributed by atoms with van der Waals surface area (Å²) in [6.07, 6.45) is 1.12. The highest BCUT2D eigenvalue weighted by molar-refractivity contribution is 6.00. The van der Waals surface area contributed by atoms with Gasteiger partial charge in [-0.05, 0) is 37.8 Å². The molecule has 1 aromatic carbocycles. The number of aliphatic carboxylic acids is 1. The Balaban J connectivity index is 2.03. The molecule has 0 bridgehead atoms. The third-order valence-corrected chi connectivity index (χ3v) is 4.50. The summed E-state index contributed by atoms with van der Waals surface area (Å²) >= 11 is 0. The van der Waals surface area contributed by atoms with Crippen molar-refractivity contribution in [3.8, 4) is 0 Å². The second-order valence-electron chi connectivity index (χ2n) is 6.74. The number of amides is 2. The first-order valence-electron chi connectivity index (χ1n) is 9.46. The summed E-state index contributed by atoms with van der Waals surface area (Å²) in [6, 6.07) is 7.61. The number of nitrogens with zero attached hydrogens (tertiary/aromatic N) is 2. The molecular weight excluding hydrogens is 378 g/mol. The predicted octanol–water partition coefficient (Wildman–Crippen LogP) is 0.411. The molecule has 0 unspecified atom stereocenters. The van der Waals surface area contributed by atoms with Crippen LogP contribution in [0.5, 0.6) is 0 Å². The van der Waals surface area contributed by atoms with Crippen molar-refractivity contribution in [2.75, 3.05) is 13.1 Å². The maximum Gasteiger partial charge on any atom is 0.416 e. The fraction of sp³-hybridized carbons (Fsp3) is 0.474. The van der Waals surface area contributed by atoms with Gasteiger partial charge in [0.25, 0.3) is 5.91 Å². The van der Waals surface area contributed by atoms with Gasteiger partial charge in [0, 0.05) is 6.54 Å². The molecule has 0 radical (unpaired) electrons. The fourth-order valence-electron chi connectivity index (χ4n) is 2.84. The maximum absolute atomic E-state index is 12.5. The van der Waals surface area contributed by atoms with Crippen molar-refractivity contribution < 1.29 is 24.2 Å². The van der Waals surface area contributed by atoms with E-state index in [2.05, 4.69) is 10.3 Å². The molecule has 2 atom stereocenters. The third-order valence-electron chi connectivity index (χ3n) is 4.50. The number of aliphatic imine (C=N–C) groups is 1. The van der Waals surface area contributed by atoms with Crippen molar-refractivity contribution in [2.45, 2.75) is 44.4 Å². The van der Waals surface area contributed by atoms with Gasteiger partial charge >= 0.3 is 12.1 Å². The first kappa shape index (κ1) is 22.3. The minimum atomic E-state index is -1.13. The van der Waals surface area contributed by atoms with Gasteiger partial charge in [0.05, 0.1) is 6.04 Å². The average molecular weight is 405 g/mol. The zero-order valence-corrected chi connectivity index (χ0v) is 16.1. The Bertz CT molecular complexity index is 734. The van der Waals surface area contributed by atoms with Crippen LogP contribution in [0, 0.1) is 0 Å². The molecule has 2 amide bonds. The number of benzene rings is 1. The van der Waals surface area contributed by atoms with Crippen molar-refractivity contribution in [1.29, 1.82) is 0 Å². The smallest absolute Gasteiger partial charge is 0.416 e. The summed E-state index contributed by atoms with van der Waals surface area (Å²) in [7, 11) is 0. The molecule has 1 saturated heterocycles. The number of carbonyl (C=O) groups excluding carboxylic acids is 2. The van der Waals surface area contributed by atoms with Gasteiger partial charge in [0.1, 0.15) is 12.6 Å². The van der Waals surface area contributed by atoms with E-state index in [1.165, 1.54) is 0 Å². The zero-order chi connectivity index (χ0) is 21.2. The van der Waals surface area contributed by atoms with E-state index in [1.54, 1.807) is 12.1 Å². The van der Waals surface area contributed by atoms with E-state index in [4.69, 9.17) is 21.3 Å². The molecule has 6 N–H and O–H groups in total. The molecule has 1 fully saturated rings. The highest BCUT2D eigenvalue weighted by atomic mass is 16.6. The van der Waals surface area contributed by atoms with Crippen LogP contribution in [0.3, 0.4) is 0 Å². The van der Waals surface area contributed by atoms with Crippen LogP contribution in [-0.4, -0.2) is 59.1 Å². The van der Waals surface area contributed by atoms with Gasteiger partial charge in [0.2, 0.25) is 5.96 Å². The minimum Gasteiger partial charge on any atom is -0.480 e.